The van der Waals surface area contributed by atoms with Gasteiger partial charge in [-0.3, -0.25) is 9.69 Å². The number of carbonyl (C=O) groups is 1. The van der Waals surface area contributed by atoms with Crippen molar-refractivity contribution < 1.29 is 14.5 Å². The lowest BCUT2D eigenvalue weighted by molar-refractivity contribution is -0.392. The number of nitro groups is 1. The molecule has 0 saturated carbocycles. The molecule has 0 N–H and O–H groups in total. The van der Waals surface area contributed by atoms with Gasteiger partial charge in [0.2, 0.25) is 0 Å². The zero-order valence-corrected chi connectivity index (χ0v) is 22.0. The van der Waals surface area contributed by atoms with Gasteiger partial charge in [0.05, 0.1) is 17.1 Å². The van der Waals surface area contributed by atoms with Gasteiger partial charge < -0.3 is 14.9 Å². The van der Waals surface area contributed by atoms with Gasteiger partial charge in [0, 0.05) is 6.92 Å². The van der Waals surface area contributed by atoms with E-state index in [1.165, 1.54) is 22.5 Å². The van der Waals surface area contributed by atoms with Gasteiger partial charge in [-0.15, -0.1) is 0 Å². The van der Waals surface area contributed by atoms with E-state index in [1.54, 1.807) is 11.8 Å². The Hall–Kier alpha value is -4.70. The number of benzene rings is 3. The van der Waals surface area contributed by atoms with E-state index in [9.17, 15) is 14.9 Å². The van der Waals surface area contributed by atoms with Gasteiger partial charge in [-0.1, -0.05) is 60.7 Å². The Labute approximate surface area is 229 Å². The van der Waals surface area contributed by atoms with Crippen LogP contribution in [0.1, 0.15) is 17.0 Å². The first-order chi connectivity index (χ1) is 19.0. The maximum Gasteiger partial charge on any atom is 0.342 e. The molecule has 1 aliphatic rings. The fourth-order valence-corrected chi connectivity index (χ4v) is 5.05. The molecule has 9 nitrogen and oxygen atoms in total. The van der Waals surface area contributed by atoms with E-state index in [4.69, 9.17) is 9.73 Å². The summed E-state index contributed by atoms with van der Waals surface area (Å²) in [5.41, 5.74) is 2.65. The Kier molecular flexibility index (Phi) is 7.83. The predicted octanol–water partition coefficient (Wildman–Crippen LogP) is 5.98. The Balaban J connectivity index is 1.29. The fourth-order valence-electron chi connectivity index (χ4n) is 4.05. The Bertz CT molecular complexity index is 1530. The van der Waals surface area contributed by atoms with Gasteiger partial charge >= 0.3 is 5.82 Å². The first kappa shape index (κ1) is 25.9. The van der Waals surface area contributed by atoms with Crippen LogP contribution in [-0.2, 0) is 17.9 Å². The van der Waals surface area contributed by atoms with Crippen molar-refractivity contribution in [2.75, 3.05) is 6.61 Å². The van der Waals surface area contributed by atoms with Gasteiger partial charge in [-0.05, 0) is 58.2 Å². The number of thioether (sulfide) groups is 1. The van der Waals surface area contributed by atoms with Crippen molar-refractivity contribution >= 4 is 40.4 Å². The summed E-state index contributed by atoms with van der Waals surface area (Å²) in [5.74, 6) is 1.02. The lowest BCUT2D eigenvalue weighted by Gasteiger charge is -2.15. The summed E-state index contributed by atoms with van der Waals surface area (Å²) in [7, 11) is 0. The third kappa shape index (κ3) is 6.24. The largest absolute Gasteiger partial charge is 0.489 e. The number of hydrogen-bond acceptors (Lipinski definition) is 7. The third-order valence-corrected chi connectivity index (χ3v) is 7.04. The summed E-state index contributed by atoms with van der Waals surface area (Å²) in [6.07, 6.45) is 3.09. The molecule has 0 spiro atoms. The van der Waals surface area contributed by atoms with E-state index < -0.39 is 4.92 Å². The van der Waals surface area contributed by atoms with Gasteiger partial charge in [0.15, 0.2) is 11.0 Å². The van der Waals surface area contributed by atoms with Crippen LogP contribution in [-0.4, -0.2) is 37.1 Å². The Morgan fingerprint density at radius 1 is 1.03 bits per heavy atom. The molecule has 10 heteroatoms. The quantitative estimate of drug-likeness (QED) is 0.147. The molecule has 39 heavy (non-hydrogen) atoms. The number of rotatable bonds is 9. The second-order valence-electron chi connectivity index (χ2n) is 8.71. The highest BCUT2D eigenvalue weighted by Crippen LogP contribution is 2.35. The monoisotopic (exact) mass is 539 g/mol. The normalized spacial score (nSPS) is 15.3. The summed E-state index contributed by atoms with van der Waals surface area (Å²) < 4.78 is 7.30. The smallest absolute Gasteiger partial charge is 0.342 e. The van der Waals surface area contributed by atoms with Crippen molar-refractivity contribution in [3.8, 4) is 5.75 Å². The van der Waals surface area contributed by atoms with Crippen LogP contribution >= 0.6 is 11.8 Å². The molecule has 0 unspecified atom stereocenters. The molecule has 0 atom stereocenters. The maximum absolute atomic E-state index is 13.4. The summed E-state index contributed by atoms with van der Waals surface area (Å²) in [6, 6.07) is 26.8. The van der Waals surface area contributed by atoms with Gasteiger partial charge in [0.1, 0.15) is 25.1 Å². The number of ether oxygens (including phenoxy) is 1. The summed E-state index contributed by atoms with van der Waals surface area (Å²) in [5, 5.41) is 11.8. The highest BCUT2D eigenvalue weighted by Gasteiger charge is 2.33. The highest BCUT2D eigenvalue weighted by atomic mass is 32.2. The minimum atomic E-state index is -0.457. The minimum absolute atomic E-state index is 0.0618. The van der Waals surface area contributed by atoms with E-state index in [0.717, 1.165) is 16.8 Å². The van der Waals surface area contributed by atoms with E-state index in [0.29, 0.717) is 34.7 Å². The van der Waals surface area contributed by atoms with E-state index in [-0.39, 0.29) is 18.3 Å². The van der Waals surface area contributed by atoms with Crippen molar-refractivity contribution in [2.45, 2.75) is 20.0 Å². The van der Waals surface area contributed by atoms with E-state index in [2.05, 4.69) is 4.98 Å². The topological polar surface area (TPSA) is 103 Å². The van der Waals surface area contributed by atoms with Crippen LogP contribution in [0.3, 0.4) is 0 Å². The molecule has 196 valence electrons. The molecule has 0 aliphatic carbocycles. The average molecular weight is 540 g/mol. The molecule has 0 bridgehead atoms. The molecule has 3 aromatic carbocycles. The average Bonchev–Trinajstić information content (AvgIpc) is 3.45. The number of aromatic nitrogens is 2. The van der Waals surface area contributed by atoms with Crippen molar-refractivity contribution in [1.82, 2.24) is 14.5 Å². The maximum atomic E-state index is 13.4. The van der Waals surface area contributed by atoms with Crippen LogP contribution in [0.2, 0.25) is 0 Å². The van der Waals surface area contributed by atoms with Crippen molar-refractivity contribution in [3.63, 3.8) is 0 Å². The van der Waals surface area contributed by atoms with Crippen LogP contribution in [0, 0.1) is 17.0 Å². The zero-order chi connectivity index (χ0) is 27.2. The number of aryl methyl sites for hydroxylation is 1. The minimum Gasteiger partial charge on any atom is -0.489 e. The summed E-state index contributed by atoms with van der Waals surface area (Å²) in [6.45, 7) is 2.70. The molecule has 2 heterocycles. The SMILES string of the molecule is Cc1ncc([N+](=O)[O-])n1CCOc1ccc(/C=C2\SC(=Nc3ccccc3)N(Cc3ccccc3)C2=O)cc1. The number of aliphatic imine (C=N–C) groups is 1. The number of carbonyl (C=O) groups excluding carboxylic acids is 1. The molecule has 1 amide bonds. The van der Waals surface area contributed by atoms with Crippen molar-refractivity contribution in [3.05, 3.63) is 123 Å². The molecule has 1 aromatic heterocycles. The first-order valence-electron chi connectivity index (χ1n) is 12.3. The van der Waals surface area contributed by atoms with Gasteiger partial charge in [-0.2, -0.15) is 0 Å². The number of para-hydroxylation sites is 1. The third-order valence-electron chi connectivity index (χ3n) is 6.04. The molecule has 1 saturated heterocycles. The lowest BCUT2D eigenvalue weighted by atomic mass is 10.2. The predicted molar refractivity (Wildman–Crippen MR) is 152 cm³/mol. The van der Waals surface area contributed by atoms with Gasteiger partial charge in [0.25, 0.3) is 5.91 Å². The van der Waals surface area contributed by atoms with Crippen molar-refractivity contribution in [1.29, 1.82) is 0 Å². The van der Waals surface area contributed by atoms with Gasteiger partial charge in [-0.25, -0.2) is 14.5 Å². The lowest BCUT2D eigenvalue weighted by Crippen LogP contribution is -2.28. The van der Waals surface area contributed by atoms with Crippen LogP contribution in [0.25, 0.3) is 6.08 Å². The Morgan fingerprint density at radius 2 is 1.72 bits per heavy atom. The molecular weight excluding hydrogens is 514 g/mol. The molecule has 1 fully saturated rings. The molecule has 5 rings (SSSR count). The number of hydrogen-bond donors (Lipinski definition) is 0. The molecular formula is C29H25N5O4S. The summed E-state index contributed by atoms with van der Waals surface area (Å²) in [4.78, 5) is 35.1. The standard InChI is InChI=1S/C29H25N5O4S/c1-21-30-19-27(34(36)37)32(21)16-17-38-25-14-12-22(13-15-25)18-26-28(35)33(20-23-8-4-2-5-9-23)29(39-26)31-24-10-6-3-7-11-24/h2-15,18-19H,16-17,20H2,1H3/b26-18-,31-29?. The van der Waals surface area contributed by atoms with E-state index >= 15 is 0 Å². The highest BCUT2D eigenvalue weighted by molar-refractivity contribution is 8.18. The fraction of sp³-hybridized carbons (Fsp3) is 0.138. The molecule has 1 aliphatic heterocycles. The second kappa shape index (κ2) is 11.8. The second-order valence-corrected chi connectivity index (χ2v) is 9.72. The zero-order valence-electron chi connectivity index (χ0n) is 21.1. The van der Waals surface area contributed by atoms with Crippen molar-refractivity contribution in [2.24, 2.45) is 4.99 Å². The Morgan fingerprint density at radius 3 is 2.41 bits per heavy atom. The number of amidine groups is 1. The van der Waals surface area contributed by atoms with Crippen LogP contribution in [0.15, 0.2) is 101 Å². The number of nitrogens with zero attached hydrogens (tertiary/aromatic N) is 5. The first-order valence-corrected chi connectivity index (χ1v) is 13.1. The number of amides is 1. The van der Waals surface area contributed by atoms with E-state index in [1.807, 2.05) is 91.0 Å². The molecule has 0 radical (unpaired) electrons. The summed E-state index contributed by atoms with van der Waals surface area (Å²) >= 11 is 1.35. The number of imidazole rings is 1. The van der Waals surface area contributed by atoms with Crippen LogP contribution in [0.5, 0.6) is 5.75 Å². The van der Waals surface area contributed by atoms with Crippen LogP contribution < -0.4 is 4.74 Å². The van der Waals surface area contributed by atoms with Crippen LogP contribution in [0.4, 0.5) is 11.5 Å². The molecule has 4 aromatic rings.